The number of carbonyl (C=O) groups is 1. The molecule has 0 saturated carbocycles. The fraction of sp³-hybridized carbons (Fsp3) is 0.235. The van der Waals surface area contributed by atoms with Crippen LogP contribution in [0.4, 0.5) is 5.69 Å². The largest absolute Gasteiger partial charge is 0.508 e. The Morgan fingerprint density at radius 2 is 1.76 bits per heavy atom. The van der Waals surface area contributed by atoms with Gasteiger partial charge in [-0.1, -0.05) is 30.3 Å². The van der Waals surface area contributed by atoms with E-state index in [1.54, 1.807) is 37.2 Å². The number of anilines is 1. The maximum Gasteiger partial charge on any atom is 0.256 e. The van der Waals surface area contributed by atoms with Crippen molar-refractivity contribution in [3.8, 4) is 5.75 Å². The molecule has 2 rings (SSSR count). The number of aromatic hydroxyl groups is 1. The summed E-state index contributed by atoms with van der Waals surface area (Å²) >= 11 is 0. The van der Waals surface area contributed by atoms with Crippen molar-refractivity contribution in [2.75, 3.05) is 19.4 Å². The Hall–Kier alpha value is -2.49. The number of benzene rings is 2. The van der Waals surface area contributed by atoms with E-state index in [4.69, 9.17) is 0 Å². The van der Waals surface area contributed by atoms with Gasteiger partial charge < -0.3 is 15.3 Å². The monoisotopic (exact) mass is 284 g/mol. The summed E-state index contributed by atoms with van der Waals surface area (Å²) in [5, 5.41) is 13.0. The van der Waals surface area contributed by atoms with Crippen molar-refractivity contribution in [3.05, 3.63) is 59.7 Å². The number of hydrogen-bond acceptors (Lipinski definition) is 3. The van der Waals surface area contributed by atoms with Crippen LogP contribution in [-0.4, -0.2) is 30.0 Å². The van der Waals surface area contributed by atoms with Crippen LogP contribution in [0.15, 0.2) is 48.5 Å². The quantitative estimate of drug-likeness (QED) is 0.906. The molecular formula is C17H20N2O2. The molecule has 0 aliphatic heterocycles. The minimum atomic E-state index is -0.219. The molecule has 0 saturated heterocycles. The number of phenols is 1. The minimum Gasteiger partial charge on any atom is -0.508 e. The summed E-state index contributed by atoms with van der Waals surface area (Å²) in [7, 11) is 3.53. The van der Waals surface area contributed by atoms with Crippen LogP contribution in [-0.2, 0) is 0 Å². The SMILES string of the molecule is CNc1ccccc1C(=O)N(C)C(C)c1ccccc1O. The lowest BCUT2D eigenvalue weighted by molar-refractivity contribution is 0.0742. The molecule has 0 spiro atoms. The summed E-state index contributed by atoms with van der Waals surface area (Å²) < 4.78 is 0. The van der Waals surface area contributed by atoms with Crippen LogP contribution in [0.25, 0.3) is 0 Å². The van der Waals surface area contributed by atoms with Gasteiger partial charge in [0.15, 0.2) is 0 Å². The van der Waals surface area contributed by atoms with Crippen molar-refractivity contribution in [1.82, 2.24) is 4.90 Å². The smallest absolute Gasteiger partial charge is 0.256 e. The number of nitrogens with zero attached hydrogens (tertiary/aromatic N) is 1. The molecule has 1 unspecified atom stereocenters. The summed E-state index contributed by atoms with van der Waals surface area (Å²) in [5.74, 6) is 0.113. The Morgan fingerprint density at radius 3 is 2.43 bits per heavy atom. The van der Waals surface area contributed by atoms with Crippen molar-refractivity contribution >= 4 is 11.6 Å². The molecule has 0 bridgehead atoms. The van der Waals surface area contributed by atoms with Crippen molar-refractivity contribution in [1.29, 1.82) is 0 Å². The van der Waals surface area contributed by atoms with Gasteiger partial charge in [0.1, 0.15) is 5.75 Å². The average Bonchev–Trinajstić information content (AvgIpc) is 2.53. The lowest BCUT2D eigenvalue weighted by Gasteiger charge is -2.26. The average molecular weight is 284 g/mol. The van der Waals surface area contributed by atoms with E-state index in [0.717, 1.165) is 11.3 Å². The number of carbonyl (C=O) groups excluding carboxylic acids is 1. The summed E-state index contributed by atoms with van der Waals surface area (Å²) in [4.78, 5) is 14.3. The molecule has 0 radical (unpaired) electrons. The molecule has 4 heteroatoms. The van der Waals surface area contributed by atoms with E-state index in [0.29, 0.717) is 5.56 Å². The zero-order valence-corrected chi connectivity index (χ0v) is 12.5. The number of para-hydroxylation sites is 2. The second kappa shape index (κ2) is 6.31. The third-order valence-corrected chi connectivity index (χ3v) is 3.71. The molecule has 21 heavy (non-hydrogen) atoms. The van der Waals surface area contributed by atoms with Crippen LogP contribution in [0.5, 0.6) is 5.75 Å². The summed E-state index contributed by atoms with van der Waals surface area (Å²) in [5.41, 5.74) is 2.14. The molecule has 2 aromatic carbocycles. The number of phenolic OH excluding ortho intramolecular Hbond substituents is 1. The molecule has 0 fully saturated rings. The van der Waals surface area contributed by atoms with E-state index >= 15 is 0 Å². The first-order valence-corrected chi connectivity index (χ1v) is 6.88. The van der Waals surface area contributed by atoms with Gasteiger partial charge in [-0.2, -0.15) is 0 Å². The molecule has 2 aromatic rings. The molecule has 1 atom stereocenters. The Morgan fingerprint density at radius 1 is 1.14 bits per heavy atom. The highest BCUT2D eigenvalue weighted by atomic mass is 16.3. The zero-order chi connectivity index (χ0) is 15.4. The van der Waals surface area contributed by atoms with Gasteiger partial charge >= 0.3 is 0 Å². The Balaban J connectivity index is 2.29. The van der Waals surface area contributed by atoms with Crippen LogP contribution in [0.1, 0.15) is 28.9 Å². The summed E-state index contributed by atoms with van der Waals surface area (Å²) in [6.45, 7) is 1.90. The van der Waals surface area contributed by atoms with Gasteiger partial charge in [0.2, 0.25) is 0 Å². The van der Waals surface area contributed by atoms with Gasteiger partial charge in [0, 0.05) is 25.3 Å². The highest BCUT2D eigenvalue weighted by Crippen LogP contribution is 2.29. The number of hydrogen-bond donors (Lipinski definition) is 2. The van der Waals surface area contributed by atoms with E-state index in [-0.39, 0.29) is 17.7 Å². The van der Waals surface area contributed by atoms with Gasteiger partial charge in [-0.15, -0.1) is 0 Å². The van der Waals surface area contributed by atoms with Gasteiger partial charge in [0.25, 0.3) is 5.91 Å². The van der Waals surface area contributed by atoms with Crippen LogP contribution in [0.3, 0.4) is 0 Å². The first-order chi connectivity index (χ1) is 10.1. The summed E-state index contributed by atoms with van der Waals surface area (Å²) in [6, 6.07) is 14.2. The van der Waals surface area contributed by atoms with E-state index in [1.807, 2.05) is 37.3 Å². The topological polar surface area (TPSA) is 52.6 Å². The number of nitrogens with one attached hydrogen (secondary N) is 1. The lowest BCUT2D eigenvalue weighted by atomic mass is 10.0. The molecule has 0 aromatic heterocycles. The first-order valence-electron chi connectivity index (χ1n) is 6.88. The van der Waals surface area contributed by atoms with Crippen molar-refractivity contribution in [2.45, 2.75) is 13.0 Å². The maximum absolute atomic E-state index is 12.7. The highest BCUT2D eigenvalue weighted by molar-refractivity contribution is 5.99. The molecule has 0 heterocycles. The molecule has 110 valence electrons. The number of rotatable bonds is 4. The molecule has 2 N–H and O–H groups in total. The summed E-state index contributed by atoms with van der Waals surface area (Å²) in [6.07, 6.45) is 0. The normalized spacial score (nSPS) is 11.8. The van der Waals surface area contributed by atoms with Crippen molar-refractivity contribution < 1.29 is 9.90 Å². The van der Waals surface area contributed by atoms with Gasteiger partial charge in [0.05, 0.1) is 11.6 Å². The van der Waals surface area contributed by atoms with Crippen LogP contribution < -0.4 is 5.32 Å². The molecular weight excluding hydrogens is 264 g/mol. The van der Waals surface area contributed by atoms with Crippen LogP contribution >= 0.6 is 0 Å². The third-order valence-electron chi connectivity index (χ3n) is 3.71. The van der Waals surface area contributed by atoms with Crippen molar-refractivity contribution in [3.63, 3.8) is 0 Å². The van der Waals surface area contributed by atoms with Crippen LogP contribution in [0, 0.1) is 0 Å². The fourth-order valence-corrected chi connectivity index (χ4v) is 2.30. The van der Waals surface area contributed by atoms with E-state index in [1.165, 1.54) is 0 Å². The molecule has 0 aliphatic carbocycles. The predicted molar refractivity (Wildman–Crippen MR) is 84.6 cm³/mol. The lowest BCUT2D eigenvalue weighted by Crippen LogP contribution is -2.30. The Bertz CT molecular complexity index is 640. The highest BCUT2D eigenvalue weighted by Gasteiger charge is 2.22. The van der Waals surface area contributed by atoms with Gasteiger partial charge in [-0.05, 0) is 25.1 Å². The zero-order valence-electron chi connectivity index (χ0n) is 12.5. The Labute approximate surface area is 125 Å². The molecule has 1 amide bonds. The Kier molecular flexibility index (Phi) is 4.48. The first kappa shape index (κ1) is 14.9. The van der Waals surface area contributed by atoms with Gasteiger partial charge in [-0.3, -0.25) is 4.79 Å². The van der Waals surface area contributed by atoms with Gasteiger partial charge in [-0.25, -0.2) is 0 Å². The molecule has 4 nitrogen and oxygen atoms in total. The molecule has 0 aliphatic rings. The van der Waals surface area contributed by atoms with E-state index < -0.39 is 0 Å². The van der Waals surface area contributed by atoms with Crippen molar-refractivity contribution in [2.24, 2.45) is 0 Å². The minimum absolute atomic E-state index is 0.0873. The fourth-order valence-electron chi connectivity index (χ4n) is 2.30. The third kappa shape index (κ3) is 2.99. The van der Waals surface area contributed by atoms with Crippen LogP contribution in [0.2, 0.25) is 0 Å². The van der Waals surface area contributed by atoms with E-state index in [2.05, 4.69) is 5.32 Å². The second-order valence-electron chi connectivity index (χ2n) is 4.95. The maximum atomic E-state index is 12.7. The van der Waals surface area contributed by atoms with E-state index in [9.17, 15) is 9.90 Å². The number of amides is 1. The standard InChI is InChI=1S/C17H20N2O2/c1-12(13-8-5-7-11-16(13)20)19(3)17(21)14-9-4-6-10-15(14)18-2/h4-12,18,20H,1-3H3. The predicted octanol–water partition coefficient (Wildman–Crippen LogP) is 3.27. The second-order valence-corrected chi connectivity index (χ2v) is 4.95.